The number of nitrogens with one attached hydrogen (secondary N) is 1. The predicted molar refractivity (Wildman–Crippen MR) is 175 cm³/mol. The molecule has 6 rings (SSSR count). The van der Waals surface area contributed by atoms with Gasteiger partial charge in [-0.3, -0.25) is 9.59 Å². The molecule has 2 atom stereocenters. The van der Waals surface area contributed by atoms with Gasteiger partial charge >= 0.3 is 12.1 Å². The van der Waals surface area contributed by atoms with Gasteiger partial charge in [-0.25, -0.2) is 14.6 Å². The Hall–Kier alpha value is -3.55. The Balaban J connectivity index is 1.02. The fourth-order valence-corrected chi connectivity index (χ4v) is 9.14. The molecule has 3 aliphatic heterocycles. The Labute approximate surface area is 274 Å². The van der Waals surface area contributed by atoms with Gasteiger partial charge in [-0.1, -0.05) is 53.1 Å². The van der Waals surface area contributed by atoms with E-state index in [-0.39, 0.29) is 55.4 Å². The first-order chi connectivity index (χ1) is 22.4. The SMILES string of the molecule is CCC1(OC(=O)OCCOCCNC(=O)CCCCC2CCSS2)C(=O)OCc2c1cc1n(c2=O)Cc2cc3ccccc3nc2-1. The average molecular weight is 668 g/mol. The van der Waals surface area contributed by atoms with Gasteiger partial charge in [0.15, 0.2) is 0 Å². The molecule has 3 aliphatic rings. The van der Waals surface area contributed by atoms with Gasteiger partial charge in [0.1, 0.15) is 13.2 Å². The average Bonchev–Trinajstić information content (AvgIpc) is 3.71. The number of cyclic esters (lactones) is 1. The lowest BCUT2D eigenvalue weighted by Crippen LogP contribution is -2.47. The van der Waals surface area contributed by atoms with Crippen LogP contribution >= 0.6 is 21.6 Å². The molecule has 5 heterocycles. The van der Waals surface area contributed by atoms with Crippen molar-refractivity contribution < 1.29 is 33.3 Å². The maximum atomic E-state index is 13.6. The van der Waals surface area contributed by atoms with Crippen LogP contribution in [-0.2, 0) is 47.3 Å². The number of esters is 1. The Morgan fingerprint density at radius 2 is 2.02 bits per heavy atom. The van der Waals surface area contributed by atoms with Crippen LogP contribution in [0.4, 0.5) is 4.79 Å². The number of benzene rings is 1. The maximum Gasteiger partial charge on any atom is 0.509 e. The third-order valence-electron chi connectivity index (χ3n) is 8.57. The molecule has 1 saturated heterocycles. The van der Waals surface area contributed by atoms with E-state index in [0.29, 0.717) is 30.9 Å². The van der Waals surface area contributed by atoms with E-state index < -0.39 is 17.7 Å². The van der Waals surface area contributed by atoms with E-state index in [1.807, 2.05) is 51.9 Å². The summed E-state index contributed by atoms with van der Waals surface area (Å²) >= 11 is 0. The molecule has 0 spiro atoms. The fourth-order valence-electron chi connectivity index (χ4n) is 6.11. The third kappa shape index (κ3) is 6.77. The standard InChI is InChI=1S/C33H37N3O8S2/c1-2-33(44-32(40)42-15-14-41-13-12-34-28(37)10-6-4-8-23-11-16-45-46-23)25-18-27-29-22(17-21-7-3-5-9-26(21)35-29)19-36(27)30(38)24(25)20-43-31(33)39/h3,5,7,9,17-18,23H,2,4,6,8,10-16,19-20H2,1H3,(H,34,37). The minimum Gasteiger partial charge on any atom is -0.457 e. The molecule has 1 fully saturated rings. The van der Waals surface area contributed by atoms with Crippen LogP contribution in [0.2, 0.25) is 0 Å². The van der Waals surface area contributed by atoms with Gasteiger partial charge < -0.3 is 28.8 Å². The van der Waals surface area contributed by atoms with Crippen LogP contribution in [0.15, 0.2) is 41.2 Å². The molecule has 3 aromatic rings. The van der Waals surface area contributed by atoms with Gasteiger partial charge in [0, 0.05) is 40.5 Å². The molecule has 244 valence electrons. The molecule has 46 heavy (non-hydrogen) atoms. The zero-order chi connectivity index (χ0) is 32.1. The van der Waals surface area contributed by atoms with Crippen molar-refractivity contribution in [2.45, 2.75) is 69.5 Å². The number of nitrogens with zero attached hydrogens (tertiary/aromatic N) is 2. The van der Waals surface area contributed by atoms with Crippen LogP contribution in [0, 0.1) is 0 Å². The number of ether oxygens (including phenoxy) is 4. The van der Waals surface area contributed by atoms with Crippen LogP contribution in [0.25, 0.3) is 22.3 Å². The number of carbonyl (C=O) groups is 3. The largest absolute Gasteiger partial charge is 0.509 e. The van der Waals surface area contributed by atoms with E-state index in [1.165, 1.54) is 12.2 Å². The molecule has 2 aromatic heterocycles. The summed E-state index contributed by atoms with van der Waals surface area (Å²) in [7, 11) is 3.89. The lowest BCUT2D eigenvalue weighted by atomic mass is 9.85. The molecule has 0 saturated carbocycles. The van der Waals surface area contributed by atoms with Gasteiger partial charge in [0.2, 0.25) is 11.5 Å². The zero-order valence-electron chi connectivity index (χ0n) is 25.7. The second-order valence-corrected chi connectivity index (χ2v) is 14.3. The number of rotatable bonds is 13. The van der Waals surface area contributed by atoms with Crippen molar-refractivity contribution in [3.05, 3.63) is 63.4 Å². The molecule has 1 N–H and O–H groups in total. The van der Waals surface area contributed by atoms with Gasteiger partial charge in [-0.05, 0) is 43.9 Å². The number of aromatic nitrogens is 2. The molecule has 13 heteroatoms. The van der Waals surface area contributed by atoms with E-state index in [4.69, 9.17) is 23.9 Å². The number of carbonyl (C=O) groups excluding carboxylic acids is 3. The monoisotopic (exact) mass is 667 g/mol. The summed E-state index contributed by atoms with van der Waals surface area (Å²) in [6.45, 7) is 2.37. The Bertz CT molecular complexity index is 1690. The van der Waals surface area contributed by atoms with Crippen LogP contribution in [0.3, 0.4) is 0 Å². The number of para-hydroxylation sites is 1. The molecular formula is C33H37N3O8S2. The van der Waals surface area contributed by atoms with Crippen molar-refractivity contribution in [3.8, 4) is 11.4 Å². The minimum atomic E-state index is -1.85. The zero-order valence-corrected chi connectivity index (χ0v) is 27.3. The first-order valence-corrected chi connectivity index (χ1v) is 18.1. The van der Waals surface area contributed by atoms with Crippen LogP contribution in [0.5, 0.6) is 0 Å². The van der Waals surface area contributed by atoms with E-state index >= 15 is 0 Å². The number of hydrogen-bond donors (Lipinski definition) is 1. The normalized spacial score (nSPS) is 19.7. The third-order valence-corrected chi connectivity index (χ3v) is 11.6. The van der Waals surface area contributed by atoms with Crippen molar-refractivity contribution in [3.63, 3.8) is 0 Å². The lowest BCUT2D eigenvalue weighted by Gasteiger charge is -2.35. The number of unbranched alkanes of at least 4 members (excludes halogenated alkanes) is 1. The fraction of sp³-hybridized carbons (Fsp3) is 0.485. The predicted octanol–water partition coefficient (Wildman–Crippen LogP) is 5.09. The number of amides is 1. The number of pyridine rings is 2. The molecule has 11 nitrogen and oxygen atoms in total. The molecule has 1 aromatic carbocycles. The van der Waals surface area contributed by atoms with Crippen molar-refractivity contribution in [1.29, 1.82) is 0 Å². The van der Waals surface area contributed by atoms with Gasteiger partial charge in [0.05, 0.1) is 42.2 Å². The summed E-state index contributed by atoms with van der Waals surface area (Å²) < 4.78 is 23.3. The summed E-state index contributed by atoms with van der Waals surface area (Å²) in [6.07, 6.45) is 3.80. The summed E-state index contributed by atoms with van der Waals surface area (Å²) in [6, 6.07) is 11.4. The summed E-state index contributed by atoms with van der Waals surface area (Å²) in [5.41, 5.74) is 1.25. The highest BCUT2D eigenvalue weighted by Crippen LogP contribution is 2.41. The molecule has 0 aliphatic carbocycles. The quantitative estimate of drug-likeness (QED) is 0.116. The van der Waals surface area contributed by atoms with E-state index in [9.17, 15) is 19.2 Å². The van der Waals surface area contributed by atoms with E-state index in [0.717, 1.165) is 41.0 Å². The first-order valence-electron chi connectivity index (χ1n) is 15.7. The smallest absolute Gasteiger partial charge is 0.457 e. The highest BCUT2D eigenvalue weighted by Gasteiger charge is 2.51. The Morgan fingerprint density at radius 3 is 2.85 bits per heavy atom. The highest BCUT2D eigenvalue weighted by atomic mass is 33.1. The number of fused-ring (bicyclic) bond motifs is 5. The molecule has 1 amide bonds. The Morgan fingerprint density at radius 1 is 1.15 bits per heavy atom. The van der Waals surface area contributed by atoms with Crippen molar-refractivity contribution in [2.75, 3.05) is 32.1 Å². The molecule has 0 bridgehead atoms. The minimum absolute atomic E-state index is 0.000656. The number of hydrogen-bond acceptors (Lipinski definition) is 11. The van der Waals surface area contributed by atoms with E-state index in [2.05, 4.69) is 5.32 Å². The van der Waals surface area contributed by atoms with Gasteiger partial charge in [-0.15, -0.1) is 0 Å². The second kappa shape index (κ2) is 14.5. The van der Waals surface area contributed by atoms with Crippen LogP contribution < -0.4 is 10.9 Å². The first kappa shape index (κ1) is 32.4. The van der Waals surface area contributed by atoms with Crippen LogP contribution in [-0.4, -0.2) is 65.0 Å². The van der Waals surface area contributed by atoms with Crippen molar-refractivity contribution in [2.24, 2.45) is 0 Å². The topological polar surface area (TPSA) is 135 Å². The van der Waals surface area contributed by atoms with Crippen molar-refractivity contribution >= 4 is 50.5 Å². The lowest BCUT2D eigenvalue weighted by molar-refractivity contribution is -0.175. The second-order valence-electron chi connectivity index (χ2n) is 11.5. The maximum absolute atomic E-state index is 13.6. The highest BCUT2D eigenvalue weighted by molar-refractivity contribution is 8.77. The molecule has 2 unspecified atom stereocenters. The summed E-state index contributed by atoms with van der Waals surface area (Å²) in [5, 5.41) is 4.53. The summed E-state index contributed by atoms with van der Waals surface area (Å²) in [5.74, 6) is 0.456. The molecular weight excluding hydrogens is 631 g/mol. The van der Waals surface area contributed by atoms with Crippen LogP contribution in [0.1, 0.15) is 62.1 Å². The van der Waals surface area contributed by atoms with Crippen molar-refractivity contribution in [1.82, 2.24) is 14.9 Å². The molecule has 0 radical (unpaired) electrons. The van der Waals surface area contributed by atoms with Gasteiger partial charge in [-0.2, -0.15) is 0 Å². The van der Waals surface area contributed by atoms with Gasteiger partial charge in [0.25, 0.3) is 5.56 Å². The Kier molecular flexibility index (Phi) is 10.2. The van der Waals surface area contributed by atoms with E-state index in [1.54, 1.807) is 17.6 Å². The summed E-state index contributed by atoms with van der Waals surface area (Å²) in [4.78, 5) is 56.5.